The quantitative estimate of drug-likeness (QED) is 0.654. The Balaban J connectivity index is 2.46. The molecule has 0 saturated heterocycles. The van der Waals surface area contributed by atoms with Gasteiger partial charge in [-0.3, -0.25) is 19.5 Å². The van der Waals surface area contributed by atoms with Gasteiger partial charge in [0.2, 0.25) is 0 Å². The summed E-state index contributed by atoms with van der Waals surface area (Å²) in [6.07, 6.45) is 1.40. The number of benzene rings is 1. The van der Waals surface area contributed by atoms with E-state index in [0.29, 0.717) is 11.3 Å². The number of aryl methyl sites for hydroxylation is 1. The lowest BCUT2D eigenvalue weighted by molar-refractivity contribution is -0.383. The molecule has 0 bridgehead atoms. The summed E-state index contributed by atoms with van der Waals surface area (Å²) in [6, 6.07) is 5.72. The van der Waals surface area contributed by atoms with Crippen molar-refractivity contribution >= 4 is 11.4 Å². The summed E-state index contributed by atoms with van der Waals surface area (Å²) >= 11 is 0. The van der Waals surface area contributed by atoms with Crippen molar-refractivity contribution in [2.24, 2.45) is 7.05 Å². The molecule has 0 aliphatic rings. The number of nitrogens with zero attached hydrogens (tertiary/aromatic N) is 3. The lowest BCUT2D eigenvalue weighted by Crippen LogP contribution is -2.38. The first kappa shape index (κ1) is 14.5. The van der Waals surface area contributed by atoms with Crippen LogP contribution in [-0.2, 0) is 13.6 Å². The highest BCUT2D eigenvalue weighted by Crippen LogP contribution is 2.24. The summed E-state index contributed by atoms with van der Waals surface area (Å²) in [4.78, 5) is 34.0. The molecule has 0 spiro atoms. The summed E-state index contributed by atoms with van der Waals surface area (Å²) in [7, 11) is 3.12. The molecule has 8 heteroatoms. The molecule has 1 heterocycles. The van der Waals surface area contributed by atoms with Crippen LogP contribution < -0.4 is 16.6 Å². The number of nitro benzene ring substituents is 1. The fourth-order valence-electron chi connectivity index (χ4n) is 1.98. The van der Waals surface area contributed by atoms with Gasteiger partial charge in [0.15, 0.2) is 0 Å². The molecule has 0 unspecified atom stereocenters. The van der Waals surface area contributed by atoms with Crippen LogP contribution >= 0.6 is 0 Å². The van der Waals surface area contributed by atoms with Crippen LogP contribution in [0.3, 0.4) is 0 Å². The Morgan fingerprint density at radius 1 is 1.29 bits per heavy atom. The van der Waals surface area contributed by atoms with Crippen molar-refractivity contribution in [2.75, 3.05) is 12.4 Å². The Hall–Kier alpha value is -2.90. The van der Waals surface area contributed by atoms with Crippen molar-refractivity contribution in [2.45, 2.75) is 6.54 Å². The summed E-state index contributed by atoms with van der Waals surface area (Å²) in [5.41, 5.74) is 0.0394. The minimum absolute atomic E-state index is 0.0546. The van der Waals surface area contributed by atoms with Crippen molar-refractivity contribution in [1.82, 2.24) is 9.13 Å². The molecule has 8 nitrogen and oxygen atoms in total. The maximum atomic E-state index is 11.9. The van der Waals surface area contributed by atoms with E-state index in [1.165, 1.54) is 29.0 Å². The Morgan fingerprint density at radius 3 is 2.62 bits per heavy atom. The van der Waals surface area contributed by atoms with Crippen LogP contribution in [0.5, 0.6) is 0 Å². The second-order valence-corrected chi connectivity index (χ2v) is 4.49. The van der Waals surface area contributed by atoms with Gasteiger partial charge in [-0.15, -0.1) is 0 Å². The van der Waals surface area contributed by atoms with Gasteiger partial charge in [0.25, 0.3) is 11.2 Å². The van der Waals surface area contributed by atoms with Crippen molar-refractivity contribution in [3.05, 3.63) is 67.0 Å². The molecule has 2 aromatic rings. The first-order chi connectivity index (χ1) is 9.93. The second kappa shape index (κ2) is 5.61. The van der Waals surface area contributed by atoms with Crippen molar-refractivity contribution in [3.8, 4) is 0 Å². The van der Waals surface area contributed by atoms with Gasteiger partial charge in [0.05, 0.1) is 11.5 Å². The molecule has 21 heavy (non-hydrogen) atoms. The topological polar surface area (TPSA) is 99.2 Å². The molecule has 110 valence electrons. The summed E-state index contributed by atoms with van der Waals surface area (Å²) in [5, 5.41) is 13.6. The highest BCUT2D eigenvalue weighted by Gasteiger charge is 2.13. The average molecular weight is 290 g/mol. The minimum Gasteiger partial charge on any atom is -0.383 e. The smallest absolute Gasteiger partial charge is 0.331 e. The zero-order valence-corrected chi connectivity index (χ0v) is 11.6. The minimum atomic E-state index is -0.497. The average Bonchev–Trinajstić information content (AvgIpc) is 2.47. The number of nitrogens with one attached hydrogen (secondary N) is 1. The van der Waals surface area contributed by atoms with Crippen LogP contribution in [0.4, 0.5) is 11.4 Å². The third kappa shape index (κ3) is 2.83. The van der Waals surface area contributed by atoms with Crippen LogP contribution in [0.25, 0.3) is 0 Å². The van der Waals surface area contributed by atoms with Crippen LogP contribution in [0, 0.1) is 10.1 Å². The molecular formula is C13H14N4O4. The van der Waals surface area contributed by atoms with E-state index in [0.717, 1.165) is 4.57 Å². The highest BCUT2D eigenvalue weighted by atomic mass is 16.6. The van der Waals surface area contributed by atoms with Gasteiger partial charge in [0, 0.05) is 32.4 Å². The Morgan fingerprint density at radius 2 is 2.00 bits per heavy atom. The largest absolute Gasteiger partial charge is 0.383 e. The van der Waals surface area contributed by atoms with E-state index >= 15 is 0 Å². The normalized spacial score (nSPS) is 10.4. The van der Waals surface area contributed by atoms with Gasteiger partial charge in [-0.2, -0.15) is 0 Å². The highest BCUT2D eigenvalue weighted by molar-refractivity contribution is 5.62. The molecule has 1 aromatic carbocycles. The monoisotopic (exact) mass is 290 g/mol. The summed E-state index contributed by atoms with van der Waals surface area (Å²) < 4.78 is 2.37. The zero-order valence-electron chi connectivity index (χ0n) is 11.6. The number of nitro groups is 1. The maximum Gasteiger partial charge on any atom is 0.331 e. The fraction of sp³-hybridized carbons (Fsp3) is 0.231. The molecule has 1 N–H and O–H groups in total. The van der Waals surface area contributed by atoms with E-state index in [4.69, 9.17) is 0 Å². The van der Waals surface area contributed by atoms with E-state index in [1.54, 1.807) is 20.2 Å². The van der Waals surface area contributed by atoms with Crippen LogP contribution in [0.2, 0.25) is 0 Å². The maximum absolute atomic E-state index is 11.9. The molecule has 0 atom stereocenters. The molecule has 0 aliphatic heterocycles. The van der Waals surface area contributed by atoms with E-state index in [-0.39, 0.29) is 12.2 Å². The number of hydrogen-bond donors (Lipinski definition) is 1. The molecule has 0 amide bonds. The lowest BCUT2D eigenvalue weighted by atomic mass is 10.1. The van der Waals surface area contributed by atoms with Gasteiger partial charge in [-0.1, -0.05) is 6.07 Å². The van der Waals surface area contributed by atoms with Gasteiger partial charge < -0.3 is 9.88 Å². The van der Waals surface area contributed by atoms with Crippen molar-refractivity contribution in [3.63, 3.8) is 0 Å². The van der Waals surface area contributed by atoms with Crippen LogP contribution in [0.15, 0.2) is 40.1 Å². The van der Waals surface area contributed by atoms with Crippen LogP contribution in [0.1, 0.15) is 5.56 Å². The SMILES string of the molecule is CNc1cc(Cn2c(=O)ccn(C)c2=O)ccc1[N+](=O)[O-]. The van der Waals surface area contributed by atoms with Gasteiger partial charge in [0.1, 0.15) is 5.69 Å². The molecular weight excluding hydrogens is 276 g/mol. The first-order valence-corrected chi connectivity index (χ1v) is 6.15. The predicted octanol–water partition coefficient (Wildman–Crippen LogP) is 0.545. The Kier molecular flexibility index (Phi) is 3.88. The lowest BCUT2D eigenvalue weighted by Gasteiger charge is -2.08. The van der Waals surface area contributed by atoms with Gasteiger partial charge in [-0.25, -0.2) is 4.79 Å². The van der Waals surface area contributed by atoms with E-state index in [2.05, 4.69) is 5.32 Å². The number of anilines is 1. The summed E-state index contributed by atoms with van der Waals surface area (Å²) in [6.45, 7) is 0.0546. The molecule has 0 aliphatic carbocycles. The molecule has 2 rings (SSSR count). The summed E-state index contributed by atoms with van der Waals surface area (Å²) in [5.74, 6) is 0. The molecule has 0 fully saturated rings. The fourth-order valence-corrected chi connectivity index (χ4v) is 1.98. The van der Waals surface area contributed by atoms with E-state index in [1.807, 2.05) is 0 Å². The second-order valence-electron chi connectivity index (χ2n) is 4.49. The standard InChI is InChI=1S/C13H14N4O4/c1-14-10-7-9(3-4-11(10)17(20)21)8-16-12(18)5-6-15(2)13(16)19/h3-7,14H,8H2,1-2H3. The number of hydrogen-bond acceptors (Lipinski definition) is 5. The third-order valence-electron chi connectivity index (χ3n) is 3.11. The van der Waals surface area contributed by atoms with Gasteiger partial charge in [-0.05, 0) is 11.6 Å². The molecule has 0 radical (unpaired) electrons. The Labute approximate surface area is 119 Å². The van der Waals surface area contributed by atoms with Crippen LogP contribution in [-0.4, -0.2) is 21.1 Å². The number of aromatic nitrogens is 2. The van der Waals surface area contributed by atoms with E-state index in [9.17, 15) is 19.7 Å². The van der Waals surface area contributed by atoms with Gasteiger partial charge >= 0.3 is 5.69 Å². The predicted molar refractivity (Wildman–Crippen MR) is 77.7 cm³/mol. The number of rotatable bonds is 4. The first-order valence-electron chi connectivity index (χ1n) is 6.15. The van der Waals surface area contributed by atoms with Crippen molar-refractivity contribution in [1.29, 1.82) is 0 Å². The van der Waals surface area contributed by atoms with E-state index < -0.39 is 16.2 Å². The molecule has 0 saturated carbocycles. The Bertz CT molecular complexity index is 807. The third-order valence-corrected chi connectivity index (χ3v) is 3.11. The molecule has 1 aromatic heterocycles. The zero-order chi connectivity index (χ0) is 15.6. The van der Waals surface area contributed by atoms with Crippen molar-refractivity contribution < 1.29 is 4.92 Å².